The van der Waals surface area contributed by atoms with Crippen LogP contribution < -0.4 is 10.3 Å². The van der Waals surface area contributed by atoms with Gasteiger partial charge in [-0.2, -0.15) is 0 Å². The SMILES string of the molecule is Cc1cccc(N2C(=O)c3oc4ccc(Cl)cc4c(=O)c3[C@H]2c2ccc(C(C)(C)C)cc2)n1. The summed E-state index contributed by atoms with van der Waals surface area (Å²) < 4.78 is 5.99. The normalized spacial score (nSPS) is 15.8. The predicted molar refractivity (Wildman–Crippen MR) is 130 cm³/mol. The van der Waals surface area contributed by atoms with E-state index in [1.165, 1.54) is 0 Å². The van der Waals surface area contributed by atoms with Crippen LogP contribution in [0.4, 0.5) is 5.82 Å². The summed E-state index contributed by atoms with van der Waals surface area (Å²) in [4.78, 5) is 33.4. The average molecular weight is 459 g/mol. The molecule has 0 fully saturated rings. The minimum Gasteiger partial charge on any atom is -0.450 e. The van der Waals surface area contributed by atoms with E-state index in [4.69, 9.17) is 16.0 Å². The van der Waals surface area contributed by atoms with Gasteiger partial charge < -0.3 is 4.42 Å². The fourth-order valence-electron chi connectivity index (χ4n) is 4.33. The van der Waals surface area contributed by atoms with Gasteiger partial charge in [0.1, 0.15) is 11.4 Å². The fraction of sp³-hybridized carbons (Fsp3) is 0.222. The van der Waals surface area contributed by atoms with E-state index < -0.39 is 6.04 Å². The zero-order chi connectivity index (χ0) is 23.5. The maximum atomic E-state index is 13.7. The summed E-state index contributed by atoms with van der Waals surface area (Å²) in [6, 6.07) is 17.7. The summed E-state index contributed by atoms with van der Waals surface area (Å²) in [7, 11) is 0. The van der Waals surface area contributed by atoms with E-state index >= 15 is 0 Å². The number of amides is 1. The molecule has 0 bridgehead atoms. The van der Waals surface area contributed by atoms with Gasteiger partial charge in [0.25, 0.3) is 5.91 Å². The lowest BCUT2D eigenvalue weighted by atomic mass is 9.86. The van der Waals surface area contributed by atoms with Gasteiger partial charge in [-0.15, -0.1) is 0 Å². The molecule has 0 spiro atoms. The highest BCUT2D eigenvalue weighted by atomic mass is 35.5. The second kappa shape index (κ2) is 7.56. The Balaban J connectivity index is 1.78. The molecule has 0 radical (unpaired) electrons. The Kier molecular flexibility index (Phi) is 4.91. The van der Waals surface area contributed by atoms with Crippen LogP contribution in [0.3, 0.4) is 0 Å². The summed E-state index contributed by atoms with van der Waals surface area (Å²) in [6.45, 7) is 8.29. The van der Waals surface area contributed by atoms with Gasteiger partial charge in [0.2, 0.25) is 5.76 Å². The highest BCUT2D eigenvalue weighted by molar-refractivity contribution is 6.31. The minimum absolute atomic E-state index is 0.0221. The first kappa shape index (κ1) is 21.4. The van der Waals surface area contributed by atoms with Crippen molar-refractivity contribution in [2.45, 2.75) is 39.2 Å². The number of rotatable bonds is 2. The van der Waals surface area contributed by atoms with Gasteiger partial charge in [0, 0.05) is 10.7 Å². The molecule has 2 aromatic heterocycles. The van der Waals surface area contributed by atoms with Crippen molar-refractivity contribution >= 4 is 34.3 Å². The summed E-state index contributed by atoms with van der Waals surface area (Å²) in [6.07, 6.45) is 0. The van der Waals surface area contributed by atoms with Crippen LogP contribution in [0.5, 0.6) is 0 Å². The number of anilines is 1. The van der Waals surface area contributed by atoms with Gasteiger partial charge in [-0.3, -0.25) is 14.5 Å². The summed E-state index contributed by atoms with van der Waals surface area (Å²) in [5.74, 6) is 0.128. The molecule has 166 valence electrons. The molecular formula is C27H23ClN2O3. The van der Waals surface area contributed by atoms with E-state index in [1.54, 1.807) is 29.2 Å². The smallest absolute Gasteiger partial charge is 0.296 e. The largest absolute Gasteiger partial charge is 0.450 e. The highest BCUT2D eigenvalue weighted by Crippen LogP contribution is 2.41. The lowest BCUT2D eigenvalue weighted by Gasteiger charge is -2.25. The van der Waals surface area contributed by atoms with Crippen molar-refractivity contribution < 1.29 is 9.21 Å². The van der Waals surface area contributed by atoms with Gasteiger partial charge in [0.15, 0.2) is 5.43 Å². The second-order valence-corrected chi connectivity index (χ2v) is 9.84. The monoisotopic (exact) mass is 458 g/mol. The molecule has 0 saturated heterocycles. The molecule has 5 rings (SSSR count). The molecule has 1 amide bonds. The van der Waals surface area contributed by atoms with Crippen molar-refractivity contribution in [3.8, 4) is 0 Å². The number of aryl methyl sites for hydroxylation is 1. The molecule has 0 N–H and O–H groups in total. The Morgan fingerprint density at radius 1 is 1.00 bits per heavy atom. The van der Waals surface area contributed by atoms with Crippen molar-refractivity contribution in [3.63, 3.8) is 0 Å². The number of pyridine rings is 1. The number of carbonyl (C=O) groups is 1. The average Bonchev–Trinajstić information content (AvgIpc) is 3.06. The van der Waals surface area contributed by atoms with Crippen LogP contribution in [0.1, 0.15) is 59.8 Å². The van der Waals surface area contributed by atoms with Crippen molar-refractivity contribution in [1.29, 1.82) is 0 Å². The molecule has 4 aromatic rings. The third-order valence-corrected chi connectivity index (χ3v) is 6.28. The Bertz CT molecular complexity index is 1470. The van der Waals surface area contributed by atoms with Gasteiger partial charge in [-0.25, -0.2) is 4.98 Å². The van der Waals surface area contributed by atoms with Crippen molar-refractivity contribution in [2.75, 3.05) is 4.90 Å². The van der Waals surface area contributed by atoms with Gasteiger partial charge in [0.05, 0.1) is 17.0 Å². The van der Waals surface area contributed by atoms with Gasteiger partial charge in [-0.1, -0.05) is 62.7 Å². The number of aromatic nitrogens is 1. The number of benzene rings is 2. The summed E-state index contributed by atoms with van der Waals surface area (Å²) >= 11 is 6.16. The Labute approximate surface area is 196 Å². The maximum Gasteiger partial charge on any atom is 0.296 e. The third-order valence-electron chi connectivity index (χ3n) is 6.05. The van der Waals surface area contributed by atoms with Crippen molar-refractivity contribution in [3.05, 3.63) is 104 Å². The predicted octanol–water partition coefficient (Wildman–Crippen LogP) is 6.20. The van der Waals surface area contributed by atoms with Crippen LogP contribution in [0.2, 0.25) is 5.02 Å². The standard InChI is InChI=1S/C27H23ClN2O3/c1-15-6-5-7-21(29-15)30-23(16-8-10-17(11-9-16)27(2,3)4)22-24(31)19-14-18(28)12-13-20(19)33-25(22)26(30)32/h5-14,23H,1-4H3/t23-/m1/s1. The van der Waals surface area contributed by atoms with Gasteiger partial charge >= 0.3 is 0 Å². The minimum atomic E-state index is -0.657. The molecule has 3 heterocycles. The zero-order valence-electron chi connectivity index (χ0n) is 18.8. The second-order valence-electron chi connectivity index (χ2n) is 9.40. The molecule has 5 nitrogen and oxygen atoms in total. The summed E-state index contributed by atoms with van der Waals surface area (Å²) in [5, 5.41) is 0.784. The molecule has 0 unspecified atom stereocenters. The maximum absolute atomic E-state index is 13.7. The molecule has 6 heteroatoms. The van der Waals surface area contributed by atoms with Crippen molar-refractivity contribution in [2.24, 2.45) is 0 Å². The third kappa shape index (κ3) is 3.53. The van der Waals surface area contributed by atoms with Crippen LogP contribution in [0.25, 0.3) is 11.0 Å². The molecule has 1 aliphatic rings. The first-order chi connectivity index (χ1) is 15.6. The molecule has 1 aliphatic heterocycles. The Morgan fingerprint density at radius 2 is 1.73 bits per heavy atom. The topological polar surface area (TPSA) is 63.4 Å². The number of hydrogen-bond acceptors (Lipinski definition) is 4. The quantitative estimate of drug-likeness (QED) is 0.359. The first-order valence-corrected chi connectivity index (χ1v) is 11.2. The van der Waals surface area contributed by atoms with E-state index in [1.807, 2.05) is 43.3 Å². The number of nitrogens with zero attached hydrogens (tertiary/aromatic N) is 2. The van der Waals surface area contributed by atoms with Crippen LogP contribution in [0.15, 0.2) is 69.9 Å². The molecule has 0 saturated carbocycles. The van der Waals surface area contributed by atoms with E-state index in [2.05, 4.69) is 25.8 Å². The number of fused-ring (bicyclic) bond motifs is 2. The lowest BCUT2D eigenvalue weighted by Crippen LogP contribution is -2.30. The van der Waals surface area contributed by atoms with Crippen LogP contribution in [-0.4, -0.2) is 10.9 Å². The molecule has 33 heavy (non-hydrogen) atoms. The van der Waals surface area contributed by atoms with Crippen LogP contribution in [-0.2, 0) is 5.41 Å². The van der Waals surface area contributed by atoms with Gasteiger partial charge in [-0.05, 0) is 53.8 Å². The highest BCUT2D eigenvalue weighted by Gasteiger charge is 2.44. The molecule has 0 aliphatic carbocycles. The van der Waals surface area contributed by atoms with E-state index in [9.17, 15) is 9.59 Å². The van der Waals surface area contributed by atoms with Crippen molar-refractivity contribution in [1.82, 2.24) is 4.98 Å². The first-order valence-electron chi connectivity index (χ1n) is 10.8. The lowest BCUT2D eigenvalue weighted by molar-refractivity contribution is 0.0970. The fourth-order valence-corrected chi connectivity index (χ4v) is 4.50. The van der Waals surface area contributed by atoms with Crippen LogP contribution >= 0.6 is 11.6 Å². The van der Waals surface area contributed by atoms with E-state index in [0.29, 0.717) is 27.4 Å². The molecule has 1 atom stereocenters. The molecule has 2 aromatic carbocycles. The number of hydrogen-bond donors (Lipinski definition) is 0. The Hall–Kier alpha value is -3.44. The molecular weight excluding hydrogens is 436 g/mol. The van der Waals surface area contributed by atoms with E-state index in [-0.39, 0.29) is 22.5 Å². The summed E-state index contributed by atoms with van der Waals surface area (Å²) in [5.41, 5.74) is 3.10. The Morgan fingerprint density at radius 3 is 2.39 bits per heavy atom. The zero-order valence-corrected chi connectivity index (χ0v) is 19.6. The number of halogens is 1. The van der Waals surface area contributed by atoms with Crippen LogP contribution in [0, 0.1) is 6.92 Å². The van der Waals surface area contributed by atoms with E-state index in [0.717, 1.165) is 16.8 Å². The number of carbonyl (C=O) groups excluding carboxylic acids is 1.